The number of anilines is 1. The van der Waals surface area contributed by atoms with E-state index in [-0.39, 0.29) is 18.7 Å². The molecule has 0 aromatic heterocycles. The Hall–Kier alpha value is -1.95. The van der Waals surface area contributed by atoms with Gasteiger partial charge in [0.2, 0.25) is 0 Å². The Labute approximate surface area is 150 Å². The van der Waals surface area contributed by atoms with Gasteiger partial charge in [-0.1, -0.05) is 0 Å². The molecule has 0 spiro atoms. The average molecular weight is 350 g/mol. The van der Waals surface area contributed by atoms with Crippen molar-refractivity contribution in [2.45, 2.75) is 58.8 Å². The Bertz CT molecular complexity index is 583. The number of ether oxygens (including phenoxy) is 2. The normalized spacial score (nSPS) is 17.5. The molecule has 1 aromatic rings. The van der Waals surface area contributed by atoms with E-state index in [9.17, 15) is 9.90 Å². The van der Waals surface area contributed by atoms with E-state index in [1.807, 2.05) is 45.9 Å². The quantitative estimate of drug-likeness (QED) is 0.823. The van der Waals surface area contributed by atoms with Crippen molar-refractivity contribution in [3.63, 3.8) is 0 Å². The van der Waals surface area contributed by atoms with Crippen LogP contribution in [0.15, 0.2) is 18.2 Å². The van der Waals surface area contributed by atoms with Crippen LogP contribution in [0.2, 0.25) is 0 Å². The molecule has 1 aliphatic heterocycles. The predicted octanol–water partition coefficient (Wildman–Crippen LogP) is 3.39. The van der Waals surface area contributed by atoms with Gasteiger partial charge in [0, 0.05) is 24.3 Å². The summed E-state index contributed by atoms with van der Waals surface area (Å²) >= 11 is 0. The molecule has 0 aliphatic carbocycles. The number of hydrogen-bond acceptors (Lipinski definition) is 5. The SMILES string of the molecule is CCOc1ccc(NCC2CCCN2C(=O)OC(C)(C)C)cc1CO. The van der Waals surface area contributed by atoms with Crippen molar-refractivity contribution >= 4 is 11.8 Å². The summed E-state index contributed by atoms with van der Waals surface area (Å²) in [7, 11) is 0. The lowest BCUT2D eigenvalue weighted by molar-refractivity contribution is 0.0235. The van der Waals surface area contributed by atoms with E-state index in [4.69, 9.17) is 9.47 Å². The number of carbonyl (C=O) groups excluding carboxylic acids is 1. The molecule has 2 rings (SSSR count). The molecule has 6 nitrogen and oxygen atoms in total. The summed E-state index contributed by atoms with van der Waals surface area (Å²) in [5.74, 6) is 0.701. The maximum absolute atomic E-state index is 12.3. The number of hydrogen-bond donors (Lipinski definition) is 2. The molecule has 1 aromatic carbocycles. The second-order valence-corrected chi connectivity index (χ2v) is 7.26. The lowest BCUT2D eigenvalue weighted by atomic mass is 10.1. The van der Waals surface area contributed by atoms with E-state index in [1.54, 1.807) is 4.90 Å². The molecule has 1 saturated heterocycles. The number of nitrogens with zero attached hydrogens (tertiary/aromatic N) is 1. The third-order valence-electron chi connectivity index (χ3n) is 4.08. The summed E-state index contributed by atoms with van der Waals surface area (Å²) in [6.45, 7) is 9.42. The minimum Gasteiger partial charge on any atom is -0.494 e. The molecule has 2 N–H and O–H groups in total. The van der Waals surface area contributed by atoms with Crippen molar-refractivity contribution in [1.29, 1.82) is 0 Å². The summed E-state index contributed by atoms with van der Waals surface area (Å²) in [5, 5.41) is 12.9. The Morgan fingerprint density at radius 3 is 2.80 bits per heavy atom. The van der Waals surface area contributed by atoms with Crippen molar-refractivity contribution in [3.8, 4) is 5.75 Å². The maximum atomic E-state index is 12.3. The zero-order valence-electron chi connectivity index (χ0n) is 15.7. The second kappa shape index (κ2) is 8.43. The summed E-state index contributed by atoms with van der Waals surface area (Å²) in [5.41, 5.74) is 1.17. The Kier molecular flexibility index (Phi) is 6.53. The first-order chi connectivity index (χ1) is 11.8. The van der Waals surface area contributed by atoms with Crippen LogP contribution >= 0.6 is 0 Å². The van der Waals surface area contributed by atoms with Gasteiger partial charge in [-0.2, -0.15) is 0 Å². The van der Waals surface area contributed by atoms with E-state index in [1.165, 1.54) is 0 Å². The van der Waals surface area contributed by atoms with Crippen LogP contribution in [-0.2, 0) is 11.3 Å². The summed E-state index contributed by atoms with van der Waals surface area (Å²) in [6, 6.07) is 5.78. The Morgan fingerprint density at radius 1 is 1.40 bits per heavy atom. The largest absolute Gasteiger partial charge is 0.494 e. The molecule has 25 heavy (non-hydrogen) atoms. The number of carbonyl (C=O) groups is 1. The average Bonchev–Trinajstić information content (AvgIpc) is 3.01. The van der Waals surface area contributed by atoms with Crippen molar-refractivity contribution in [2.75, 3.05) is 25.0 Å². The van der Waals surface area contributed by atoms with Crippen LogP contribution in [-0.4, -0.2) is 47.4 Å². The van der Waals surface area contributed by atoms with Crippen LogP contribution in [0.4, 0.5) is 10.5 Å². The van der Waals surface area contributed by atoms with Gasteiger partial charge in [-0.05, 0) is 58.7 Å². The first kappa shape index (κ1) is 19.4. The fraction of sp³-hybridized carbons (Fsp3) is 0.632. The molecule has 0 saturated carbocycles. The second-order valence-electron chi connectivity index (χ2n) is 7.26. The highest BCUT2D eigenvalue weighted by Gasteiger charge is 2.31. The van der Waals surface area contributed by atoms with Gasteiger partial charge in [-0.3, -0.25) is 0 Å². The molecule has 0 bridgehead atoms. The van der Waals surface area contributed by atoms with Gasteiger partial charge in [0.05, 0.1) is 19.3 Å². The topological polar surface area (TPSA) is 71.0 Å². The van der Waals surface area contributed by atoms with Gasteiger partial charge >= 0.3 is 6.09 Å². The first-order valence-electron chi connectivity index (χ1n) is 8.94. The summed E-state index contributed by atoms with van der Waals surface area (Å²) in [6.07, 6.45) is 1.69. The Balaban J connectivity index is 1.96. The highest BCUT2D eigenvalue weighted by Crippen LogP contribution is 2.25. The van der Waals surface area contributed by atoms with Crippen LogP contribution in [0.5, 0.6) is 5.75 Å². The highest BCUT2D eigenvalue weighted by molar-refractivity contribution is 5.69. The molecule has 1 fully saturated rings. The molecule has 1 amide bonds. The van der Waals surface area contributed by atoms with E-state index in [2.05, 4.69) is 5.32 Å². The van der Waals surface area contributed by atoms with Crippen LogP contribution in [0, 0.1) is 0 Å². The molecule has 0 radical (unpaired) electrons. The van der Waals surface area contributed by atoms with E-state index in [0.29, 0.717) is 18.9 Å². The number of likely N-dealkylation sites (tertiary alicyclic amines) is 1. The van der Waals surface area contributed by atoms with E-state index < -0.39 is 5.60 Å². The lowest BCUT2D eigenvalue weighted by Crippen LogP contribution is -2.42. The fourth-order valence-corrected chi connectivity index (χ4v) is 2.95. The molecule has 140 valence electrons. The number of nitrogens with one attached hydrogen (secondary N) is 1. The third-order valence-corrected chi connectivity index (χ3v) is 4.08. The Morgan fingerprint density at radius 2 is 2.16 bits per heavy atom. The minimum atomic E-state index is -0.483. The third kappa shape index (κ3) is 5.53. The zero-order valence-corrected chi connectivity index (χ0v) is 15.7. The molecule has 1 atom stereocenters. The van der Waals surface area contributed by atoms with Gasteiger partial charge in [0.25, 0.3) is 0 Å². The molecule has 1 aliphatic rings. The van der Waals surface area contributed by atoms with Crippen LogP contribution in [0.3, 0.4) is 0 Å². The minimum absolute atomic E-state index is 0.0711. The van der Waals surface area contributed by atoms with Crippen LogP contribution < -0.4 is 10.1 Å². The smallest absolute Gasteiger partial charge is 0.410 e. The zero-order chi connectivity index (χ0) is 18.4. The van der Waals surface area contributed by atoms with Gasteiger partial charge in [0.15, 0.2) is 0 Å². The molecule has 1 heterocycles. The van der Waals surface area contributed by atoms with Gasteiger partial charge in [0.1, 0.15) is 11.4 Å². The molecule has 6 heteroatoms. The lowest BCUT2D eigenvalue weighted by Gasteiger charge is -2.29. The monoisotopic (exact) mass is 350 g/mol. The number of aliphatic hydroxyl groups excluding tert-OH is 1. The van der Waals surface area contributed by atoms with Crippen molar-refractivity contribution in [3.05, 3.63) is 23.8 Å². The standard InChI is InChI=1S/C19H30N2O4/c1-5-24-17-9-8-15(11-14(17)13-22)20-12-16-7-6-10-21(16)18(23)25-19(2,3)4/h8-9,11,16,20,22H,5-7,10,12-13H2,1-4H3. The number of aliphatic hydroxyl groups is 1. The van der Waals surface area contributed by atoms with Crippen molar-refractivity contribution < 1.29 is 19.4 Å². The summed E-state index contributed by atoms with van der Waals surface area (Å²) < 4.78 is 11.0. The van der Waals surface area contributed by atoms with Crippen molar-refractivity contribution in [1.82, 2.24) is 4.90 Å². The van der Waals surface area contributed by atoms with Gasteiger partial charge in [-0.15, -0.1) is 0 Å². The number of rotatable bonds is 6. The van der Waals surface area contributed by atoms with E-state index >= 15 is 0 Å². The first-order valence-corrected chi connectivity index (χ1v) is 8.94. The predicted molar refractivity (Wildman–Crippen MR) is 98.0 cm³/mol. The highest BCUT2D eigenvalue weighted by atomic mass is 16.6. The maximum Gasteiger partial charge on any atom is 0.410 e. The van der Waals surface area contributed by atoms with Gasteiger partial charge in [-0.25, -0.2) is 4.79 Å². The number of benzene rings is 1. The van der Waals surface area contributed by atoms with Gasteiger partial charge < -0.3 is 24.8 Å². The molecular formula is C19H30N2O4. The van der Waals surface area contributed by atoms with E-state index in [0.717, 1.165) is 30.6 Å². The van der Waals surface area contributed by atoms with Crippen LogP contribution in [0.25, 0.3) is 0 Å². The van der Waals surface area contributed by atoms with Crippen molar-refractivity contribution in [2.24, 2.45) is 0 Å². The summed E-state index contributed by atoms with van der Waals surface area (Å²) in [4.78, 5) is 14.1. The number of amides is 1. The fourth-order valence-electron chi connectivity index (χ4n) is 2.95. The molecular weight excluding hydrogens is 320 g/mol. The molecule has 1 unspecified atom stereocenters. The van der Waals surface area contributed by atoms with Crippen LogP contribution in [0.1, 0.15) is 46.1 Å².